The Hall–Kier alpha value is -4.66. The van der Waals surface area contributed by atoms with Gasteiger partial charge in [-0.05, 0) is 24.7 Å². The van der Waals surface area contributed by atoms with E-state index < -0.39 is 97.0 Å². The van der Waals surface area contributed by atoms with Gasteiger partial charge in [0, 0.05) is 49.9 Å². The number of rotatable bonds is 22. The molecule has 0 aromatic rings. The summed E-state index contributed by atoms with van der Waals surface area (Å²) < 4.78 is 11.9. The average Bonchev–Trinajstić information content (AvgIpc) is 3.63. The fourth-order valence-corrected chi connectivity index (χ4v) is 8.49. The highest BCUT2D eigenvalue weighted by molar-refractivity contribution is 6.38. The van der Waals surface area contributed by atoms with Gasteiger partial charge in [0.05, 0.1) is 24.0 Å². The van der Waals surface area contributed by atoms with Gasteiger partial charge in [-0.15, -0.1) is 0 Å². The second kappa shape index (κ2) is 22.0. The van der Waals surface area contributed by atoms with Crippen molar-refractivity contribution >= 4 is 55.0 Å². The second-order valence-electron chi connectivity index (χ2n) is 14.4. The van der Waals surface area contributed by atoms with Crippen LogP contribution in [0.2, 0.25) is 0 Å². The Labute approximate surface area is 322 Å². The van der Waals surface area contributed by atoms with Gasteiger partial charge in [0.15, 0.2) is 11.9 Å². The van der Waals surface area contributed by atoms with E-state index in [1.807, 2.05) is 27.7 Å². The number of nitrogens with one attached hydrogen (secondary N) is 8. The molecule has 0 unspecified atom stereocenters. The lowest BCUT2D eigenvalue weighted by Crippen LogP contribution is -2.55. The zero-order valence-electron chi connectivity index (χ0n) is 32.6. The number of hydrogen-bond acceptors (Lipinski definition) is 10. The molecule has 0 aliphatic heterocycles. The lowest BCUT2D eigenvalue weighted by Gasteiger charge is -2.38. The minimum Gasteiger partial charge on any atom is -0.481 e. The van der Waals surface area contributed by atoms with Crippen LogP contribution in [0, 0.1) is 46.3 Å². The number of ether oxygens (including phenoxy) is 2. The van der Waals surface area contributed by atoms with E-state index >= 15 is 0 Å². The van der Waals surface area contributed by atoms with Gasteiger partial charge in [-0.3, -0.25) is 39.6 Å². The molecule has 0 aromatic heterocycles. The number of amides is 4. The molecular formula is C34H61BN10O10. The molecule has 0 saturated heterocycles. The smallest absolute Gasteiger partial charge is 0.355 e. The summed E-state index contributed by atoms with van der Waals surface area (Å²) in [6.07, 6.45) is 0.564. The van der Waals surface area contributed by atoms with Crippen LogP contribution in [0.3, 0.4) is 0 Å². The zero-order valence-corrected chi connectivity index (χ0v) is 32.6. The number of hydrogen-bond donors (Lipinski definition) is 12. The van der Waals surface area contributed by atoms with Crippen LogP contribution in [-0.2, 0) is 38.2 Å². The maximum atomic E-state index is 12.9. The summed E-state index contributed by atoms with van der Waals surface area (Å²) in [5.41, 5.74) is 11.3. The molecule has 0 aromatic carbocycles. The van der Waals surface area contributed by atoms with Gasteiger partial charge in [0.25, 0.3) is 0 Å². The van der Waals surface area contributed by atoms with E-state index in [4.69, 9.17) is 31.8 Å². The number of guanidine groups is 2. The van der Waals surface area contributed by atoms with Gasteiger partial charge in [-0.2, -0.15) is 0 Å². The molecule has 4 amide bonds. The van der Waals surface area contributed by atoms with Gasteiger partial charge >= 0.3 is 19.5 Å². The Morgan fingerprint density at radius 3 is 1.25 bits per heavy atom. The van der Waals surface area contributed by atoms with Crippen molar-refractivity contribution < 1.29 is 48.5 Å². The molecule has 0 bridgehead atoms. The highest BCUT2D eigenvalue weighted by Crippen LogP contribution is 2.41. The van der Waals surface area contributed by atoms with Crippen molar-refractivity contribution in [2.75, 3.05) is 13.2 Å². The molecule has 20 nitrogen and oxygen atoms in total. The number of nitrogens with two attached hydrogens (primary N) is 2. The lowest BCUT2D eigenvalue weighted by molar-refractivity contribution is -0.150. The molecule has 55 heavy (non-hydrogen) atoms. The lowest BCUT2D eigenvalue weighted by atomic mass is 9.80. The van der Waals surface area contributed by atoms with E-state index in [0.29, 0.717) is 25.7 Å². The summed E-state index contributed by atoms with van der Waals surface area (Å²) in [5.74, 6) is -8.82. The van der Waals surface area contributed by atoms with E-state index in [-0.39, 0.29) is 56.0 Å². The SMILES string of the molecule is CCC(CC)[C@@H](NC(C)=O)[C@@H]1[C@H](OCC(=O)NBNC(=O)CO[C@H]2[C@@H]([C@H](NC(C)=O)C(CC)CC)[C@H](NC(=N)N)C[C@@H]2C(=O)O)[C@@H](C(=O)O)C[C@H]1NC(=N)N. The van der Waals surface area contributed by atoms with E-state index in [2.05, 4.69) is 31.7 Å². The predicted octanol–water partition coefficient (Wildman–Crippen LogP) is -1.72. The Morgan fingerprint density at radius 1 is 0.673 bits per heavy atom. The number of carboxylic acids is 2. The summed E-state index contributed by atoms with van der Waals surface area (Å²) in [6.45, 7) is 9.30. The first kappa shape index (κ1) is 46.5. The quantitative estimate of drug-likeness (QED) is 0.0331. The van der Waals surface area contributed by atoms with Crippen molar-refractivity contribution in [3.63, 3.8) is 0 Å². The van der Waals surface area contributed by atoms with Gasteiger partial charge in [-0.1, -0.05) is 53.4 Å². The van der Waals surface area contributed by atoms with Crippen LogP contribution in [0.25, 0.3) is 0 Å². The highest BCUT2D eigenvalue weighted by Gasteiger charge is 2.54. The topological polar surface area (TPSA) is 333 Å². The Balaban J connectivity index is 2.16. The predicted molar refractivity (Wildman–Crippen MR) is 202 cm³/mol. The molecule has 0 spiro atoms. The average molecular weight is 781 g/mol. The third-order valence-corrected chi connectivity index (χ3v) is 10.9. The monoisotopic (exact) mass is 780 g/mol. The normalized spacial score (nSPS) is 25.7. The summed E-state index contributed by atoms with van der Waals surface area (Å²) in [5, 5.41) is 52.3. The minimum absolute atomic E-state index is 0.0252. The largest absolute Gasteiger partial charge is 0.481 e. The molecule has 310 valence electrons. The van der Waals surface area contributed by atoms with Crippen molar-refractivity contribution in [3.8, 4) is 0 Å². The molecule has 2 fully saturated rings. The Bertz CT molecular complexity index is 1280. The van der Waals surface area contributed by atoms with Gasteiger partial charge in [0.2, 0.25) is 23.6 Å². The van der Waals surface area contributed by atoms with Crippen molar-refractivity contribution in [1.29, 1.82) is 10.8 Å². The van der Waals surface area contributed by atoms with Crippen molar-refractivity contribution in [3.05, 3.63) is 0 Å². The molecule has 2 rings (SSSR count). The molecule has 21 heteroatoms. The molecule has 2 aliphatic rings. The molecule has 14 N–H and O–H groups in total. The Kier molecular flexibility index (Phi) is 18.6. The number of aliphatic carboxylic acids is 2. The van der Waals surface area contributed by atoms with Crippen LogP contribution < -0.4 is 43.2 Å². The molecule has 2 aliphatic carbocycles. The van der Waals surface area contributed by atoms with Gasteiger partial charge < -0.3 is 62.9 Å². The summed E-state index contributed by atoms with van der Waals surface area (Å²) in [4.78, 5) is 75.1. The number of carbonyl (C=O) groups excluding carboxylic acids is 4. The van der Waals surface area contributed by atoms with Crippen LogP contribution in [0.4, 0.5) is 0 Å². The minimum atomic E-state index is -1.18. The van der Waals surface area contributed by atoms with Crippen molar-refractivity contribution in [2.24, 2.45) is 47.0 Å². The van der Waals surface area contributed by atoms with E-state index in [1.54, 1.807) is 0 Å². The molecule has 10 atom stereocenters. The molecule has 0 radical (unpaired) electrons. The van der Waals surface area contributed by atoms with Crippen LogP contribution >= 0.6 is 0 Å². The fourth-order valence-electron chi connectivity index (χ4n) is 8.49. The third kappa shape index (κ3) is 13.3. The first-order valence-electron chi connectivity index (χ1n) is 18.9. The maximum Gasteiger partial charge on any atom is 0.355 e. The molecule has 0 heterocycles. The van der Waals surface area contributed by atoms with E-state index in [0.717, 1.165) is 0 Å². The van der Waals surface area contributed by atoms with Crippen molar-refractivity contribution in [1.82, 2.24) is 31.7 Å². The first-order chi connectivity index (χ1) is 25.9. The van der Waals surface area contributed by atoms with Crippen molar-refractivity contribution in [2.45, 2.75) is 116 Å². The summed E-state index contributed by atoms with van der Waals surface area (Å²) in [7, 11) is -0.370. The van der Waals surface area contributed by atoms with Crippen LogP contribution in [0.1, 0.15) is 80.1 Å². The van der Waals surface area contributed by atoms with E-state index in [9.17, 15) is 39.0 Å². The zero-order chi connectivity index (χ0) is 41.6. The van der Waals surface area contributed by atoms with Crippen LogP contribution in [0.5, 0.6) is 0 Å². The molecular weight excluding hydrogens is 719 g/mol. The fraction of sp³-hybridized carbons (Fsp3) is 0.765. The number of carboxylic acid groups (broad SMARTS) is 2. The third-order valence-electron chi connectivity index (χ3n) is 10.9. The maximum absolute atomic E-state index is 12.9. The van der Waals surface area contributed by atoms with E-state index in [1.165, 1.54) is 13.8 Å². The second-order valence-corrected chi connectivity index (χ2v) is 14.4. The van der Waals surface area contributed by atoms with Gasteiger partial charge in [0.1, 0.15) is 13.2 Å². The van der Waals surface area contributed by atoms with Crippen LogP contribution in [0.15, 0.2) is 0 Å². The molecule has 2 saturated carbocycles. The Morgan fingerprint density at radius 2 is 1.00 bits per heavy atom. The highest BCUT2D eigenvalue weighted by atomic mass is 16.5. The summed E-state index contributed by atoms with van der Waals surface area (Å²) >= 11 is 0. The first-order valence-corrected chi connectivity index (χ1v) is 18.9. The van der Waals surface area contributed by atoms with Gasteiger partial charge in [-0.25, -0.2) is 0 Å². The number of carbonyl (C=O) groups is 6. The standard InChI is InChI=1S/C34H61BN10O10/c1-7-17(8-2)27(40-15(5)46)25-21(42-33(36)37)11-19(31(50)51)29(25)54-13-23(48)44-35-45-24(49)14-55-30-20(32(52)53)12-22(43-34(38)39)26(30)28(41-16(6)47)18(9-3)10-4/h17-22,25-30,35H,7-14H2,1-6H3,(H,40,46)(H,41,47)(H,44,48)(H,45,49)(H,50,51)(H,52,53)(H4,36,37,42)(H4,38,39,43)/t19-,20-,21+,22+,25+,26+,27+,28+,29+,30+/m0/s1. The van der Waals surface area contributed by atoms with Crippen LogP contribution in [-0.4, -0.2) is 115 Å². The summed E-state index contributed by atoms with van der Waals surface area (Å²) in [6, 6.07) is -2.42.